The number of halogens is 6. The van der Waals surface area contributed by atoms with Crippen molar-refractivity contribution in [1.82, 2.24) is 0 Å². The first kappa shape index (κ1) is 21.7. The maximum atomic E-state index is 6.37. The molecule has 0 radical (unpaired) electrons. The van der Waals surface area contributed by atoms with E-state index in [1.165, 1.54) is 0 Å². The van der Waals surface area contributed by atoms with E-state index in [1.54, 1.807) is 12.2 Å². The largest absolute Gasteiger partial charge is 0.319 e. The van der Waals surface area contributed by atoms with Crippen molar-refractivity contribution in [3.05, 3.63) is 83.9 Å². The van der Waals surface area contributed by atoms with Crippen LogP contribution in [0.2, 0.25) is 0 Å². The van der Waals surface area contributed by atoms with Crippen LogP contribution in [0.15, 0.2) is 72.8 Å². The molecule has 0 fully saturated rings. The summed E-state index contributed by atoms with van der Waals surface area (Å²) in [5, 5.41) is 1.06. The predicted molar refractivity (Wildman–Crippen MR) is 123 cm³/mol. The van der Waals surface area contributed by atoms with Crippen molar-refractivity contribution in [2.75, 3.05) is 0 Å². The molecule has 0 N–H and O–H groups in total. The molecule has 2 aromatic rings. The smallest absolute Gasteiger partial charge is 0.201 e. The summed E-state index contributed by atoms with van der Waals surface area (Å²) < 4.78 is 3.91. The molecule has 7 heteroatoms. The molecule has 0 saturated carbocycles. The van der Waals surface area contributed by atoms with Gasteiger partial charge in [0.15, 0.2) is 0 Å². The normalized spacial score (nSPS) is 13.8. The average Bonchev–Trinajstić information content (AvgIpc) is 2.54. The lowest BCUT2D eigenvalue weighted by Gasteiger charge is -2.26. The van der Waals surface area contributed by atoms with Crippen molar-refractivity contribution in [3.63, 3.8) is 0 Å². The van der Waals surface area contributed by atoms with Crippen LogP contribution in [0.4, 0.5) is 0 Å². The van der Waals surface area contributed by atoms with Crippen LogP contribution in [0.1, 0.15) is 11.1 Å². The van der Waals surface area contributed by atoms with Crippen LogP contribution in [-0.4, -0.2) is 6.84 Å². The third kappa shape index (κ3) is 7.49. The molecule has 0 spiro atoms. The predicted octanol–water partition coefficient (Wildman–Crippen LogP) is 8.45. The lowest BCUT2D eigenvalue weighted by molar-refractivity contribution is 0.122. The molecule has 0 aliphatic heterocycles. The Labute approximate surface area is 190 Å². The van der Waals surface area contributed by atoms with Crippen molar-refractivity contribution in [3.8, 4) is 0 Å². The van der Waals surface area contributed by atoms with Gasteiger partial charge in [-0.1, -0.05) is 83.9 Å². The Kier molecular flexibility index (Phi) is 8.27. The van der Waals surface area contributed by atoms with Gasteiger partial charge in [0.1, 0.15) is 0 Å². The molecule has 0 aliphatic rings. The van der Waals surface area contributed by atoms with Gasteiger partial charge < -0.3 is 4.74 Å². The summed E-state index contributed by atoms with van der Waals surface area (Å²) in [6, 6.07) is 19.2. The van der Waals surface area contributed by atoms with Crippen LogP contribution in [0.25, 0.3) is 10.1 Å². The van der Waals surface area contributed by atoms with Crippen LogP contribution >= 0.6 is 86.9 Å². The fraction of sp³-hybridized carbons (Fsp3) is 0.111. The van der Waals surface area contributed by atoms with Crippen LogP contribution in [0, 0.1) is 0 Å². The highest BCUT2D eigenvalue weighted by atomic mass is 79.9. The molecule has 0 aliphatic carbocycles. The fourth-order valence-corrected chi connectivity index (χ4v) is 5.79. The summed E-state index contributed by atoms with van der Waals surface area (Å²) in [5.74, 6) is 0. The lowest BCUT2D eigenvalue weighted by Crippen LogP contribution is -2.25. The Morgan fingerprint density at radius 2 is 1.00 bits per heavy atom. The molecule has 0 amide bonds. The van der Waals surface area contributed by atoms with Gasteiger partial charge in [-0.25, -0.2) is 0 Å². The second kappa shape index (κ2) is 9.54. The molecular weight excluding hydrogens is 623 g/mol. The Morgan fingerprint density at radius 1 is 0.680 bits per heavy atom. The third-order valence-electron chi connectivity index (χ3n) is 2.96. The van der Waals surface area contributed by atoms with Crippen molar-refractivity contribution in [2.24, 2.45) is 0 Å². The number of ether oxygens (including phenoxy) is 1. The zero-order valence-corrected chi connectivity index (χ0v) is 20.5. The molecule has 2 rings (SSSR count). The summed E-state index contributed by atoms with van der Waals surface area (Å²) >= 11 is 26.6. The number of rotatable bonds is 6. The van der Waals surface area contributed by atoms with E-state index in [-0.39, 0.29) is 0 Å². The number of hydrogen-bond acceptors (Lipinski definition) is 1. The van der Waals surface area contributed by atoms with E-state index >= 15 is 0 Å². The van der Waals surface area contributed by atoms with E-state index in [2.05, 4.69) is 63.7 Å². The molecule has 0 saturated heterocycles. The Balaban J connectivity index is 2.18. The number of alkyl halides is 4. The summed E-state index contributed by atoms with van der Waals surface area (Å²) in [6.45, 7) is 0. The molecular formula is C18H12Br4Cl2O. The Morgan fingerprint density at radius 3 is 1.32 bits per heavy atom. The second-order valence-corrected chi connectivity index (χ2v) is 12.6. The number of hydrogen-bond donors (Lipinski definition) is 0. The molecule has 0 aromatic heterocycles. The highest BCUT2D eigenvalue weighted by Crippen LogP contribution is 2.44. The molecule has 0 heterocycles. The first-order valence-electron chi connectivity index (χ1n) is 7.02. The minimum absolute atomic E-state index is 0.531. The van der Waals surface area contributed by atoms with Crippen molar-refractivity contribution < 1.29 is 4.74 Å². The fourth-order valence-electron chi connectivity index (χ4n) is 1.90. The quantitative estimate of drug-likeness (QED) is 0.290. The Bertz CT molecular complexity index is 694. The minimum Gasteiger partial charge on any atom is -0.319 e. The van der Waals surface area contributed by atoms with Crippen molar-refractivity contribution in [2.45, 2.75) is 6.84 Å². The van der Waals surface area contributed by atoms with Gasteiger partial charge >= 0.3 is 0 Å². The second-order valence-electron chi connectivity index (χ2n) is 4.94. The van der Waals surface area contributed by atoms with E-state index in [1.807, 2.05) is 60.7 Å². The van der Waals surface area contributed by atoms with Gasteiger partial charge in [-0.05, 0) is 87.0 Å². The van der Waals surface area contributed by atoms with Gasteiger partial charge in [0, 0.05) is 10.1 Å². The standard InChI is InChI=1S/C18H12Br4Cl2O/c19-17(20,11-15(23)13-7-3-1-4-8-13)25-18(21,22)12-16(24)14-9-5-2-6-10-14/h1-12H. The van der Waals surface area contributed by atoms with Crippen LogP contribution in [-0.2, 0) is 4.74 Å². The van der Waals surface area contributed by atoms with Gasteiger partial charge in [-0.2, -0.15) is 0 Å². The maximum Gasteiger partial charge on any atom is 0.201 e. The molecule has 1 nitrogen and oxygen atoms in total. The van der Waals surface area contributed by atoms with Crippen molar-refractivity contribution >= 4 is 97.0 Å². The monoisotopic (exact) mass is 630 g/mol. The summed E-state index contributed by atoms with van der Waals surface area (Å²) in [5.41, 5.74) is 1.76. The van der Waals surface area contributed by atoms with Gasteiger partial charge in [0.2, 0.25) is 6.84 Å². The molecule has 0 bridgehead atoms. The van der Waals surface area contributed by atoms with Gasteiger partial charge in [-0.15, -0.1) is 0 Å². The average molecular weight is 635 g/mol. The van der Waals surface area contributed by atoms with Gasteiger partial charge in [0.25, 0.3) is 0 Å². The molecule has 0 atom stereocenters. The minimum atomic E-state index is -1.02. The summed E-state index contributed by atoms with van der Waals surface area (Å²) in [7, 11) is 0. The Hall–Kier alpha value is 0.380. The van der Waals surface area contributed by atoms with Crippen LogP contribution < -0.4 is 0 Å². The third-order valence-corrected chi connectivity index (χ3v) is 5.18. The molecule has 2 aromatic carbocycles. The first-order chi connectivity index (χ1) is 11.7. The molecule has 25 heavy (non-hydrogen) atoms. The SMILES string of the molecule is ClC(=CC(Br)(Br)OC(Br)(Br)C=C(Cl)c1ccccc1)c1ccccc1. The zero-order valence-electron chi connectivity index (χ0n) is 12.6. The lowest BCUT2D eigenvalue weighted by atomic mass is 10.2. The van der Waals surface area contributed by atoms with E-state index in [4.69, 9.17) is 27.9 Å². The van der Waals surface area contributed by atoms with Gasteiger partial charge in [0.05, 0.1) is 0 Å². The zero-order chi connectivity index (χ0) is 18.5. The molecule has 0 unspecified atom stereocenters. The highest BCUT2D eigenvalue weighted by Gasteiger charge is 2.33. The van der Waals surface area contributed by atoms with E-state index in [0.29, 0.717) is 10.1 Å². The van der Waals surface area contributed by atoms with Gasteiger partial charge in [-0.3, -0.25) is 0 Å². The summed E-state index contributed by atoms with van der Waals surface area (Å²) in [4.78, 5) is 0. The highest BCUT2D eigenvalue weighted by molar-refractivity contribution is 9.26. The van der Waals surface area contributed by atoms with E-state index < -0.39 is 6.84 Å². The maximum absolute atomic E-state index is 6.37. The van der Waals surface area contributed by atoms with Crippen molar-refractivity contribution in [1.29, 1.82) is 0 Å². The van der Waals surface area contributed by atoms with E-state index in [9.17, 15) is 0 Å². The van der Waals surface area contributed by atoms with Crippen LogP contribution in [0.3, 0.4) is 0 Å². The number of benzene rings is 2. The first-order valence-corrected chi connectivity index (χ1v) is 10.9. The van der Waals surface area contributed by atoms with Crippen LogP contribution in [0.5, 0.6) is 0 Å². The molecule has 132 valence electrons. The topological polar surface area (TPSA) is 9.23 Å². The summed E-state index contributed by atoms with van der Waals surface area (Å²) in [6.07, 6.45) is 3.40. The van der Waals surface area contributed by atoms with E-state index in [0.717, 1.165) is 11.1 Å².